The van der Waals surface area contributed by atoms with Gasteiger partial charge >= 0.3 is 0 Å². The first-order valence-corrected chi connectivity index (χ1v) is 5.12. The molecule has 2 aromatic rings. The molecule has 0 fully saturated rings. The summed E-state index contributed by atoms with van der Waals surface area (Å²) < 4.78 is 25.6. The Morgan fingerprint density at radius 3 is 2.29 bits per heavy atom. The topological polar surface area (TPSA) is 32.3 Å². The fraction of sp³-hybridized carbons (Fsp3) is 0.0769. The van der Waals surface area contributed by atoms with Gasteiger partial charge in [-0.1, -0.05) is 6.07 Å². The molecular weight excluding hydrogens is 224 g/mol. The molecule has 88 valence electrons. The third-order valence-corrected chi connectivity index (χ3v) is 2.35. The van der Waals surface area contributed by atoms with Gasteiger partial charge in [-0.2, -0.15) is 0 Å². The van der Waals surface area contributed by atoms with Crippen molar-refractivity contribution in [3.05, 3.63) is 59.7 Å². The maximum atomic E-state index is 12.9. The summed E-state index contributed by atoms with van der Waals surface area (Å²) in [6, 6.07) is 10.3. The molecule has 0 radical (unpaired) electrons. The highest BCUT2D eigenvalue weighted by Gasteiger charge is 2.02. The Morgan fingerprint density at radius 2 is 1.65 bits per heavy atom. The normalized spacial score (nSPS) is 10.2. The van der Waals surface area contributed by atoms with Crippen LogP contribution in [0.3, 0.4) is 0 Å². The molecule has 2 nitrogen and oxygen atoms in total. The molecule has 0 saturated heterocycles. The quantitative estimate of drug-likeness (QED) is 0.800. The van der Waals surface area contributed by atoms with Gasteiger partial charge in [-0.05, 0) is 42.0 Å². The summed E-state index contributed by atoms with van der Waals surface area (Å²) >= 11 is 0. The minimum absolute atomic E-state index is 0.184. The Balaban J connectivity index is 2.02. The zero-order valence-corrected chi connectivity index (χ0v) is 8.95. The lowest BCUT2D eigenvalue weighted by molar-refractivity contribution is 0.475. The van der Waals surface area contributed by atoms with Crippen LogP contribution >= 0.6 is 0 Å². The van der Waals surface area contributed by atoms with Crippen LogP contribution in [0.15, 0.2) is 42.5 Å². The van der Waals surface area contributed by atoms with E-state index in [-0.39, 0.29) is 5.75 Å². The van der Waals surface area contributed by atoms with E-state index in [9.17, 15) is 8.78 Å². The zero-order chi connectivity index (χ0) is 12.3. The lowest BCUT2D eigenvalue weighted by atomic mass is 10.2. The Labute approximate surface area is 97.5 Å². The van der Waals surface area contributed by atoms with Gasteiger partial charge in [-0.3, -0.25) is 0 Å². The molecule has 0 aliphatic heterocycles. The first-order valence-electron chi connectivity index (χ1n) is 5.12. The lowest BCUT2D eigenvalue weighted by Gasteiger charge is -2.06. The number of hydrogen-bond donors (Lipinski definition) is 2. The Hall–Kier alpha value is -2.10. The van der Waals surface area contributed by atoms with Gasteiger partial charge in [0, 0.05) is 12.2 Å². The van der Waals surface area contributed by atoms with Crippen molar-refractivity contribution in [2.45, 2.75) is 6.54 Å². The second kappa shape index (κ2) is 4.82. The molecule has 2 rings (SSSR count). The number of benzene rings is 2. The number of anilines is 1. The van der Waals surface area contributed by atoms with Crippen molar-refractivity contribution in [3.63, 3.8) is 0 Å². The van der Waals surface area contributed by atoms with Crippen molar-refractivity contribution >= 4 is 5.69 Å². The van der Waals surface area contributed by atoms with Crippen LogP contribution in [0.2, 0.25) is 0 Å². The second-order valence-corrected chi connectivity index (χ2v) is 3.65. The molecule has 0 amide bonds. The number of aromatic hydroxyl groups is 1. The molecule has 0 atom stereocenters. The molecule has 0 heterocycles. The van der Waals surface area contributed by atoms with E-state index < -0.39 is 11.6 Å². The van der Waals surface area contributed by atoms with Gasteiger partial charge in [-0.25, -0.2) is 8.78 Å². The van der Waals surface area contributed by atoms with Gasteiger partial charge in [0.15, 0.2) is 11.6 Å². The Bertz CT molecular complexity index is 511. The molecule has 2 aromatic carbocycles. The Kier molecular flexibility index (Phi) is 3.23. The highest BCUT2D eigenvalue weighted by Crippen LogP contribution is 2.15. The smallest absolute Gasteiger partial charge is 0.159 e. The monoisotopic (exact) mass is 235 g/mol. The first-order chi connectivity index (χ1) is 8.15. The third kappa shape index (κ3) is 2.93. The SMILES string of the molecule is Oc1ccc(NCc2ccc(F)c(F)c2)cc1. The Morgan fingerprint density at radius 1 is 0.941 bits per heavy atom. The predicted octanol–water partition coefficient (Wildman–Crippen LogP) is 3.28. The number of phenolic OH excluding ortho intramolecular Hbond substituents is 1. The van der Waals surface area contributed by atoms with Crippen LogP contribution in [-0.2, 0) is 6.54 Å². The van der Waals surface area contributed by atoms with Crippen LogP contribution in [0.5, 0.6) is 5.75 Å². The molecule has 0 aliphatic rings. The summed E-state index contributed by atoms with van der Waals surface area (Å²) in [4.78, 5) is 0. The van der Waals surface area contributed by atoms with Crippen molar-refractivity contribution < 1.29 is 13.9 Å². The fourth-order valence-corrected chi connectivity index (χ4v) is 1.43. The number of phenols is 1. The molecule has 0 saturated carbocycles. The molecular formula is C13H11F2NO. The largest absolute Gasteiger partial charge is 0.508 e. The molecule has 17 heavy (non-hydrogen) atoms. The number of halogens is 2. The molecule has 0 aliphatic carbocycles. The van der Waals surface area contributed by atoms with Crippen LogP contribution < -0.4 is 5.32 Å². The summed E-state index contributed by atoms with van der Waals surface area (Å²) in [5, 5.41) is 12.1. The van der Waals surface area contributed by atoms with Gasteiger partial charge in [0.1, 0.15) is 5.75 Å². The van der Waals surface area contributed by atoms with E-state index in [2.05, 4.69) is 5.32 Å². The highest BCUT2D eigenvalue weighted by molar-refractivity contribution is 5.46. The van der Waals surface area contributed by atoms with E-state index >= 15 is 0 Å². The second-order valence-electron chi connectivity index (χ2n) is 3.65. The van der Waals surface area contributed by atoms with E-state index in [0.717, 1.165) is 17.8 Å². The van der Waals surface area contributed by atoms with Gasteiger partial charge in [0.05, 0.1) is 0 Å². The first kappa shape index (κ1) is 11.4. The fourth-order valence-electron chi connectivity index (χ4n) is 1.43. The van der Waals surface area contributed by atoms with Crippen molar-refractivity contribution in [2.24, 2.45) is 0 Å². The van der Waals surface area contributed by atoms with Crippen molar-refractivity contribution in [1.29, 1.82) is 0 Å². The minimum Gasteiger partial charge on any atom is -0.508 e. The van der Waals surface area contributed by atoms with E-state index in [1.807, 2.05) is 0 Å². The standard InChI is InChI=1S/C13H11F2NO/c14-12-6-1-9(7-13(12)15)8-16-10-2-4-11(17)5-3-10/h1-7,16-17H,8H2. The van der Waals surface area contributed by atoms with Crippen molar-refractivity contribution in [2.75, 3.05) is 5.32 Å². The average molecular weight is 235 g/mol. The maximum absolute atomic E-state index is 12.9. The molecule has 0 spiro atoms. The molecule has 4 heteroatoms. The summed E-state index contributed by atoms with van der Waals surface area (Å²) in [5.74, 6) is -1.52. The van der Waals surface area contributed by atoms with E-state index in [4.69, 9.17) is 5.11 Å². The zero-order valence-electron chi connectivity index (χ0n) is 8.95. The maximum Gasteiger partial charge on any atom is 0.159 e. The third-order valence-electron chi connectivity index (χ3n) is 2.35. The number of hydrogen-bond acceptors (Lipinski definition) is 2. The van der Waals surface area contributed by atoms with Crippen molar-refractivity contribution in [1.82, 2.24) is 0 Å². The molecule has 0 unspecified atom stereocenters. The van der Waals surface area contributed by atoms with Gasteiger partial charge in [0.25, 0.3) is 0 Å². The minimum atomic E-state index is -0.852. The summed E-state index contributed by atoms with van der Waals surface area (Å²) in [5.41, 5.74) is 1.45. The van der Waals surface area contributed by atoms with Gasteiger partial charge in [0.2, 0.25) is 0 Å². The number of nitrogens with one attached hydrogen (secondary N) is 1. The van der Waals surface area contributed by atoms with E-state index in [0.29, 0.717) is 12.1 Å². The summed E-state index contributed by atoms with van der Waals surface area (Å²) in [6.45, 7) is 0.391. The molecule has 2 N–H and O–H groups in total. The van der Waals surface area contributed by atoms with Crippen LogP contribution in [0.1, 0.15) is 5.56 Å². The highest BCUT2D eigenvalue weighted by atomic mass is 19.2. The summed E-state index contributed by atoms with van der Waals surface area (Å²) in [6.07, 6.45) is 0. The van der Waals surface area contributed by atoms with Crippen LogP contribution in [0.4, 0.5) is 14.5 Å². The van der Waals surface area contributed by atoms with E-state index in [1.165, 1.54) is 6.07 Å². The lowest BCUT2D eigenvalue weighted by Crippen LogP contribution is -2.00. The van der Waals surface area contributed by atoms with Crippen LogP contribution in [0, 0.1) is 11.6 Å². The molecule has 0 bridgehead atoms. The number of rotatable bonds is 3. The van der Waals surface area contributed by atoms with Gasteiger partial charge < -0.3 is 10.4 Å². The van der Waals surface area contributed by atoms with Gasteiger partial charge in [-0.15, -0.1) is 0 Å². The van der Waals surface area contributed by atoms with Crippen LogP contribution in [0.25, 0.3) is 0 Å². The van der Waals surface area contributed by atoms with E-state index in [1.54, 1.807) is 24.3 Å². The predicted molar refractivity (Wildman–Crippen MR) is 61.8 cm³/mol. The average Bonchev–Trinajstić information content (AvgIpc) is 2.33. The molecule has 0 aromatic heterocycles. The van der Waals surface area contributed by atoms with Crippen molar-refractivity contribution in [3.8, 4) is 5.75 Å². The summed E-state index contributed by atoms with van der Waals surface area (Å²) in [7, 11) is 0. The van der Waals surface area contributed by atoms with Crippen LogP contribution in [-0.4, -0.2) is 5.11 Å².